The molecule has 2 atom stereocenters. The van der Waals surface area contributed by atoms with Crippen molar-refractivity contribution in [1.29, 1.82) is 0 Å². The Morgan fingerprint density at radius 3 is 2.25 bits per heavy atom. The van der Waals surface area contributed by atoms with Gasteiger partial charge in [-0.3, -0.25) is 0 Å². The van der Waals surface area contributed by atoms with Crippen molar-refractivity contribution in [3.05, 3.63) is 0 Å². The molecule has 50 valence electrons. The summed E-state index contributed by atoms with van der Waals surface area (Å²) >= 11 is 7.68. The molecule has 0 heterocycles. The molecule has 2 nitrogen and oxygen atoms in total. The highest BCUT2D eigenvalue weighted by atomic mass is 32.1. The van der Waals surface area contributed by atoms with Crippen molar-refractivity contribution in [3.63, 3.8) is 0 Å². The van der Waals surface area contributed by atoms with Crippen LogP contribution in [0.15, 0.2) is 0 Å². The number of methoxy groups -OCH3 is 1. The lowest BCUT2D eigenvalue weighted by atomic mass is 10.5. The molecular formula is C4H10O2S2. The molecule has 0 fully saturated rings. The van der Waals surface area contributed by atoms with Crippen LogP contribution in [0.4, 0.5) is 0 Å². The van der Waals surface area contributed by atoms with E-state index in [4.69, 9.17) is 5.11 Å². The van der Waals surface area contributed by atoms with Crippen LogP contribution in [0.3, 0.4) is 0 Å². The van der Waals surface area contributed by atoms with Gasteiger partial charge in [0, 0.05) is 7.11 Å². The maximum atomic E-state index is 8.66. The molecule has 0 aliphatic rings. The van der Waals surface area contributed by atoms with Crippen LogP contribution in [-0.4, -0.2) is 29.5 Å². The highest BCUT2D eigenvalue weighted by Crippen LogP contribution is 2.04. The van der Waals surface area contributed by atoms with E-state index in [1.165, 1.54) is 0 Å². The van der Waals surface area contributed by atoms with Crippen LogP contribution in [0.5, 0.6) is 0 Å². The Balaban J connectivity index is 3.17. The van der Waals surface area contributed by atoms with Gasteiger partial charge in [0.1, 0.15) is 5.44 Å². The summed E-state index contributed by atoms with van der Waals surface area (Å²) in [5.74, 6) is 0. The Morgan fingerprint density at radius 2 is 2.12 bits per heavy atom. The number of thiol groups is 2. The van der Waals surface area contributed by atoms with E-state index in [-0.39, 0.29) is 5.25 Å². The van der Waals surface area contributed by atoms with Crippen LogP contribution in [-0.2, 0) is 4.74 Å². The fraction of sp³-hybridized carbons (Fsp3) is 1.00. The number of hydrogen-bond acceptors (Lipinski definition) is 4. The maximum Gasteiger partial charge on any atom is 0.110 e. The second-order valence-corrected chi connectivity index (χ2v) is 2.63. The van der Waals surface area contributed by atoms with Crippen molar-refractivity contribution >= 4 is 25.3 Å². The summed E-state index contributed by atoms with van der Waals surface area (Å²) < 4.78 is 4.68. The molecule has 8 heavy (non-hydrogen) atoms. The van der Waals surface area contributed by atoms with Gasteiger partial charge in [-0.25, -0.2) is 0 Å². The minimum Gasteiger partial charge on any atom is -0.383 e. The van der Waals surface area contributed by atoms with Gasteiger partial charge < -0.3 is 9.84 Å². The zero-order valence-electron chi connectivity index (χ0n) is 4.61. The summed E-state index contributed by atoms with van der Waals surface area (Å²) in [6, 6.07) is 0. The molecule has 0 saturated carbocycles. The normalized spacial score (nSPS) is 18.0. The Kier molecular flexibility index (Phi) is 4.84. The van der Waals surface area contributed by atoms with Gasteiger partial charge in [0.2, 0.25) is 0 Å². The Bertz CT molecular complexity index is 58.0. The van der Waals surface area contributed by atoms with Crippen molar-refractivity contribution in [3.8, 4) is 0 Å². The van der Waals surface area contributed by atoms with E-state index in [1.54, 1.807) is 7.11 Å². The van der Waals surface area contributed by atoms with E-state index in [1.807, 2.05) is 0 Å². The third kappa shape index (κ3) is 3.60. The van der Waals surface area contributed by atoms with Crippen LogP contribution in [0.25, 0.3) is 0 Å². The third-order valence-electron chi connectivity index (χ3n) is 0.682. The molecule has 0 saturated heterocycles. The molecule has 0 aromatic carbocycles. The largest absolute Gasteiger partial charge is 0.383 e. The molecule has 1 N–H and O–H groups in total. The zero-order chi connectivity index (χ0) is 6.57. The first-order valence-electron chi connectivity index (χ1n) is 2.21. The first-order valence-corrected chi connectivity index (χ1v) is 3.25. The summed E-state index contributed by atoms with van der Waals surface area (Å²) in [6.07, 6.45) is 0. The average molecular weight is 154 g/mol. The topological polar surface area (TPSA) is 29.5 Å². The standard InChI is InChI=1S/C4H10O2S2/c1-6-2-3(7)4(5)8/h3-5,7-8H,2H2,1H3. The van der Waals surface area contributed by atoms with E-state index >= 15 is 0 Å². The fourth-order valence-electron chi connectivity index (χ4n) is 0.257. The van der Waals surface area contributed by atoms with Crippen molar-refractivity contribution in [2.45, 2.75) is 10.7 Å². The van der Waals surface area contributed by atoms with Crippen LogP contribution in [0, 0.1) is 0 Å². The Labute approximate surface area is 60.1 Å². The highest BCUT2D eigenvalue weighted by molar-refractivity contribution is 7.85. The number of aliphatic hydroxyl groups is 1. The second-order valence-electron chi connectivity index (χ2n) is 1.44. The van der Waals surface area contributed by atoms with E-state index < -0.39 is 5.44 Å². The summed E-state index contributed by atoms with van der Waals surface area (Å²) in [5, 5.41) is 8.47. The molecule has 0 aromatic rings. The summed E-state index contributed by atoms with van der Waals surface area (Å²) in [4.78, 5) is 0. The average Bonchev–Trinajstić information content (AvgIpc) is 1.67. The van der Waals surface area contributed by atoms with Crippen molar-refractivity contribution in [2.75, 3.05) is 13.7 Å². The smallest absolute Gasteiger partial charge is 0.110 e. The van der Waals surface area contributed by atoms with E-state index in [2.05, 4.69) is 30.0 Å². The van der Waals surface area contributed by atoms with Gasteiger partial charge in [-0.05, 0) is 0 Å². The monoisotopic (exact) mass is 154 g/mol. The van der Waals surface area contributed by atoms with Crippen molar-refractivity contribution < 1.29 is 9.84 Å². The van der Waals surface area contributed by atoms with E-state index in [9.17, 15) is 0 Å². The molecular weight excluding hydrogens is 144 g/mol. The number of ether oxygens (including phenoxy) is 1. The predicted octanol–water partition coefficient (Wildman–Crippen LogP) is 0.179. The van der Waals surface area contributed by atoms with Gasteiger partial charge >= 0.3 is 0 Å². The SMILES string of the molecule is COCC(S)C(O)S. The maximum absolute atomic E-state index is 8.66. The second kappa shape index (κ2) is 4.49. The molecule has 0 bridgehead atoms. The lowest BCUT2D eigenvalue weighted by molar-refractivity contribution is 0.161. The van der Waals surface area contributed by atoms with Gasteiger partial charge in [0.25, 0.3) is 0 Å². The van der Waals surface area contributed by atoms with Crippen LogP contribution >= 0.6 is 25.3 Å². The molecule has 0 amide bonds. The minimum atomic E-state index is -0.696. The van der Waals surface area contributed by atoms with Crippen molar-refractivity contribution in [2.24, 2.45) is 0 Å². The van der Waals surface area contributed by atoms with Crippen LogP contribution in [0.2, 0.25) is 0 Å². The highest BCUT2D eigenvalue weighted by Gasteiger charge is 2.08. The van der Waals surface area contributed by atoms with Gasteiger partial charge in [-0.2, -0.15) is 12.6 Å². The first-order chi connectivity index (χ1) is 3.68. The zero-order valence-corrected chi connectivity index (χ0v) is 6.40. The van der Waals surface area contributed by atoms with Gasteiger partial charge in [0.15, 0.2) is 0 Å². The molecule has 0 spiro atoms. The Hall–Kier alpha value is 0.620. The third-order valence-corrected chi connectivity index (χ3v) is 1.71. The van der Waals surface area contributed by atoms with Gasteiger partial charge in [-0.1, -0.05) is 0 Å². The lowest BCUT2D eigenvalue weighted by Crippen LogP contribution is -2.19. The summed E-state index contributed by atoms with van der Waals surface area (Å²) in [5.41, 5.74) is -0.696. The number of hydrogen-bond donors (Lipinski definition) is 3. The molecule has 0 radical (unpaired) electrons. The summed E-state index contributed by atoms with van der Waals surface area (Å²) in [6.45, 7) is 0.424. The number of rotatable bonds is 3. The fourth-order valence-corrected chi connectivity index (χ4v) is 0.492. The van der Waals surface area contributed by atoms with Gasteiger partial charge in [0.05, 0.1) is 11.9 Å². The van der Waals surface area contributed by atoms with Crippen LogP contribution in [0.1, 0.15) is 0 Å². The molecule has 0 rings (SSSR count). The van der Waals surface area contributed by atoms with E-state index in [0.29, 0.717) is 6.61 Å². The molecule has 0 aliphatic carbocycles. The van der Waals surface area contributed by atoms with Crippen LogP contribution < -0.4 is 0 Å². The van der Waals surface area contributed by atoms with Gasteiger partial charge in [-0.15, -0.1) is 12.6 Å². The Morgan fingerprint density at radius 1 is 1.62 bits per heavy atom. The molecule has 0 aromatic heterocycles. The number of aliphatic hydroxyl groups excluding tert-OH is 1. The lowest BCUT2D eigenvalue weighted by Gasteiger charge is -2.10. The molecule has 0 aliphatic heterocycles. The minimum absolute atomic E-state index is 0.191. The molecule has 2 unspecified atom stereocenters. The van der Waals surface area contributed by atoms with E-state index in [0.717, 1.165) is 0 Å². The first kappa shape index (κ1) is 8.62. The predicted molar refractivity (Wildman–Crippen MR) is 39.6 cm³/mol. The quantitative estimate of drug-likeness (QED) is 0.400. The summed E-state index contributed by atoms with van der Waals surface area (Å²) in [7, 11) is 1.55. The van der Waals surface area contributed by atoms with Crippen molar-refractivity contribution in [1.82, 2.24) is 0 Å². The molecule has 4 heteroatoms.